The van der Waals surface area contributed by atoms with E-state index in [4.69, 9.17) is 4.74 Å². The SMILES string of the molecule is O=C(CI)NCCCCCNS(=O)(=O)c1ccc(C2=c3cc4c5c(c3Oc3c2cc2c6c3CCCN6CCC2)CCC[N+]=5CCC4)c(S(=O)(=O)O)c1. The van der Waals surface area contributed by atoms with Gasteiger partial charge in [0.15, 0.2) is 0 Å². The van der Waals surface area contributed by atoms with Crippen molar-refractivity contribution in [2.75, 3.05) is 48.6 Å². The van der Waals surface area contributed by atoms with E-state index in [2.05, 4.69) is 31.6 Å². The molecule has 0 unspecified atom stereocenters. The highest BCUT2D eigenvalue weighted by atomic mass is 127. The Bertz CT molecular complexity index is 2340. The van der Waals surface area contributed by atoms with Crippen LogP contribution in [-0.4, -0.2) is 71.0 Å². The van der Waals surface area contributed by atoms with E-state index >= 15 is 0 Å². The Balaban J connectivity index is 1.26. The van der Waals surface area contributed by atoms with Crippen molar-refractivity contribution in [2.24, 2.45) is 0 Å². The molecule has 0 bridgehead atoms. The van der Waals surface area contributed by atoms with Crippen LogP contribution in [0.2, 0.25) is 0 Å². The van der Waals surface area contributed by atoms with Crippen molar-refractivity contribution < 1.29 is 30.9 Å². The summed E-state index contributed by atoms with van der Waals surface area (Å²) in [7, 11) is -8.99. The molecule has 0 saturated carbocycles. The number of sulfonamides is 1. The van der Waals surface area contributed by atoms with Crippen molar-refractivity contribution in [1.82, 2.24) is 14.6 Å². The quantitative estimate of drug-likeness (QED) is 0.0686. The van der Waals surface area contributed by atoms with Crippen LogP contribution in [0.15, 0.2) is 40.1 Å². The molecule has 11 nitrogen and oxygen atoms in total. The van der Waals surface area contributed by atoms with Gasteiger partial charge in [-0.25, -0.2) is 17.7 Å². The van der Waals surface area contributed by atoms with Gasteiger partial charge in [0.25, 0.3) is 10.1 Å². The monoisotopic (exact) mass is 859 g/mol. The van der Waals surface area contributed by atoms with Crippen molar-refractivity contribution in [3.63, 3.8) is 0 Å². The number of carbonyl (C=O) groups is 1. The number of amides is 1. The zero-order valence-corrected chi connectivity index (χ0v) is 32.9. The van der Waals surface area contributed by atoms with E-state index in [1.54, 1.807) is 0 Å². The van der Waals surface area contributed by atoms with Crippen molar-refractivity contribution in [3.05, 3.63) is 74.3 Å². The molecule has 5 aliphatic rings. The molecule has 1 amide bonds. The molecule has 0 aliphatic carbocycles. The van der Waals surface area contributed by atoms with Gasteiger partial charge in [-0.3, -0.25) is 9.35 Å². The molecule has 5 heterocycles. The number of anilines is 1. The summed E-state index contributed by atoms with van der Waals surface area (Å²) in [5, 5.41) is 4.83. The summed E-state index contributed by atoms with van der Waals surface area (Å²) >= 11 is 2.00. The van der Waals surface area contributed by atoms with Gasteiger partial charge in [0.05, 0.1) is 14.9 Å². The normalized spacial score (nSPS) is 17.5. The lowest BCUT2D eigenvalue weighted by Gasteiger charge is -2.39. The average molecular weight is 860 g/mol. The number of hydrogen-bond donors (Lipinski definition) is 3. The van der Waals surface area contributed by atoms with Gasteiger partial charge in [-0.2, -0.15) is 8.42 Å². The number of aryl methyl sites for hydroxylation is 2. The van der Waals surface area contributed by atoms with Gasteiger partial charge in [-0.05, 0) is 81.2 Å². The molecular weight excluding hydrogens is 815 g/mol. The van der Waals surface area contributed by atoms with Crippen LogP contribution < -0.4 is 34.8 Å². The first-order valence-corrected chi connectivity index (χ1v) is 22.9. The van der Waals surface area contributed by atoms with E-state index in [1.807, 2.05) is 22.6 Å². The van der Waals surface area contributed by atoms with Crippen molar-refractivity contribution in [1.29, 1.82) is 0 Å². The highest BCUT2D eigenvalue weighted by molar-refractivity contribution is 14.1. The van der Waals surface area contributed by atoms with Crippen LogP contribution in [-0.2, 0) is 50.6 Å². The maximum atomic E-state index is 13.5. The van der Waals surface area contributed by atoms with Crippen LogP contribution >= 0.6 is 22.6 Å². The lowest BCUT2D eigenvalue weighted by atomic mass is 9.82. The zero-order chi connectivity index (χ0) is 36.2. The van der Waals surface area contributed by atoms with Crippen LogP contribution in [0.3, 0.4) is 0 Å². The summed E-state index contributed by atoms with van der Waals surface area (Å²) in [5.41, 5.74) is 7.63. The molecule has 52 heavy (non-hydrogen) atoms. The zero-order valence-electron chi connectivity index (χ0n) is 29.1. The topological polar surface area (TPSA) is 145 Å². The summed E-state index contributed by atoms with van der Waals surface area (Å²) in [5.74, 6) is 1.45. The van der Waals surface area contributed by atoms with Crippen molar-refractivity contribution in [3.8, 4) is 11.5 Å². The lowest BCUT2D eigenvalue weighted by molar-refractivity contribution is -0.118. The van der Waals surface area contributed by atoms with E-state index < -0.39 is 25.0 Å². The molecule has 0 fully saturated rings. The highest BCUT2D eigenvalue weighted by Crippen LogP contribution is 2.49. The maximum absolute atomic E-state index is 13.5. The summed E-state index contributed by atoms with van der Waals surface area (Å²) in [6.45, 7) is 4.65. The standard InChI is InChI=1S/C38H43IN4O7S2/c39-23-33(44)40-14-2-1-3-15-41-51(45,46)26-12-13-27(32(22-26)52(47,48)49)34-30-20-24-8-4-16-42-18-6-10-28(35(24)42)37(30)50-38-29-11-7-19-43-17-5-9-25(36(29)43)21-31(34)38/h12-13,20-22,41H,1-11,14-19,23H2,(H-,40,44,47,48,49)/p+1. The Morgan fingerprint density at radius 1 is 0.846 bits per heavy atom. The summed E-state index contributed by atoms with van der Waals surface area (Å²) in [6, 6.07) is 8.35. The number of unbranched alkanes of at least 4 members (excludes halogenated alkanes) is 2. The van der Waals surface area contributed by atoms with E-state index in [0.29, 0.717) is 35.8 Å². The number of nitrogens with one attached hydrogen (secondary N) is 2. The van der Waals surface area contributed by atoms with E-state index in [0.717, 1.165) is 117 Å². The van der Waals surface area contributed by atoms with Crippen LogP contribution in [0.1, 0.15) is 78.3 Å². The Labute approximate surface area is 318 Å². The third-order valence-corrected chi connectivity index (χ3v) is 14.1. The fraction of sp³-hybridized carbons (Fsp3) is 0.474. The Hall–Kier alpha value is -3.05. The minimum Gasteiger partial charge on any atom is -0.455 e. The van der Waals surface area contributed by atoms with Crippen LogP contribution in [0.4, 0.5) is 5.69 Å². The molecule has 3 aromatic carbocycles. The van der Waals surface area contributed by atoms with E-state index in [9.17, 15) is 26.2 Å². The number of halogens is 1. The minimum absolute atomic E-state index is 0.0356. The molecule has 5 aliphatic heterocycles. The van der Waals surface area contributed by atoms with Crippen LogP contribution in [0.5, 0.6) is 11.5 Å². The maximum Gasteiger partial charge on any atom is 0.295 e. The number of alkyl halides is 1. The summed E-state index contributed by atoms with van der Waals surface area (Å²) in [6.07, 6.45) is 9.48. The van der Waals surface area contributed by atoms with Gasteiger partial charge in [-0.1, -0.05) is 35.1 Å². The molecule has 3 N–H and O–H groups in total. The number of rotatable bonds is 11. The minimum atomic E-state index is -4.88. The number of nitrogens with zero attached hydrogens (tertiary/aromatic N) is 2. The molecule has 0 radical (unpaired) electrons. The fourth-order valence-corrected chi connectivity index (χ4v) is 11.1. The number of fused-ring (bicyclic) bond motifs is 4. The Kier molecular flexibility index (Phi) is 9.89. The molecule has 14 heteroatoms. The molecule has 0 saturated heterocycles. The van der Waals surface area contributed by atoms with Gasteiger partial charge in [0.2, 0.25) is 21.3 Å². The predicted molar refractivity (Wildman–Crippen MR) is 207 cm³/mol. The summed E-state index contributed by atoms with van der Waals surface area (Å²) < 4.78 is 76.8. The third kappa shape index (κ3) is 6.56. The highest BCUT2D eigenvalue weighted by Gasteiger charge is 2.37. The lowest BCUT2D eigenvalue weighted by Crippen LogP contribution is -2.45. The van der Waals surface area contributed by atoms with Crippen LogP contribution in [0, 0.1) is 0 Å². The van der Waals surface area contributed by atoms with E-state index in [-0.39, 0.29) is 22.9 Å². The van der Waals surface area contributed by atoms with Gasteiger partial charge in [0, 0.05) is 77.8 Å². The summed E-state index contributed by atoms with van der Waals surface area (Å²) in [4.78, 5) is 13.2. The van der Waals surface area contributed by atoms with Crippen molar-refractivity contribution >= 4 is 59.9 Å². The van der Waals surface area contributed by atoms with Gasteiger partial charge < -0.3 is 15.0 Å². The molecule has 8 rings (SSSR count). The first-order valence-electron chi connectivity index (χ1n) is 18.4. The van der Waals surface area contributed by atoms with Gasteiger partial charge in [0.1, 0.15) is 29.5 Å². The molecular formula is C38H44IN4O7S2+. The second-order valence-electron chi connectivity index (χ2n) is 14.4. The number of benzene rings is 3. The third-order valence-electron chi connectivity index (χ3n) is 11.1. The van der Waals surface area contributed by atoms with E-state index in [1.165, 1.54) is 34.3 Å². The molecule has 0 aromatic heterocycles. The van der Waals surface area contributed by atoms with Gasteiger partial charge >= 0.3 is 0 Å². The molecule has 276 valence electrons. The average Bonchev–Trinajstić information content (AvgIpc) is 3.13. The molecule has 0 spiro atoms. The molecule has 3 aromatic rings. The Morgan fingerprint density at radius 3 is 2.37 bits per heavy atom. The molecule has 0 atom stereocenters. The fourth-order valence-electron chi connectivity index (χ4n) is 8.89. The van der Waals surface area contributed by atoms with Crippen molar-refractivity contribution in [2.45, 2.75) is 80.4 Å². The Morgan fingerprint density at radius 2 is 1.58 bits per heavy atom. The first kappa shape index (κ1) is 36.0. The second-order valence-corrected chi connectivity index (χ2v) is 18.3. The smallest absolute Gasteiger partial charge is 0.295 e. The number of hydrogen-bond acceptors (Lipinski definition) is 7. The van der Waals surface area contributed by atoms with Crippen LogP contribution in [0.25, 0.3) is 5.57 Å². The largest absolute Gasteiger partial charge is 0.455 e. The second kappa shape index (κ2) is 14.3. The van der Waals surface area contributed by atoms with Gasteiger partial charge in [-0.15, -0.1) is 0 Å². The number of ether oxygens (including phenoxy) is 1. The first-order chi connectivity index (χ1) is 25.0. The number of carbonyl (C=O) groups excluding carboxylic acids is 1. The predicted octanol–water partition coefficient (Wildman–Crippen LogP) is 3.37.